The number of likely N-dealkylation sites (tertiary alicyclic amines) is 1. The van der Waals surface area contributed by atoms with Gasteiger partial charge in [-0.15, -0.1) is 0 Å². The van der Waals surface area contributed by atoms with E-state index in [0.717, 1.165) is 31.5 Å². The lowest BCUT2D eigenvalue weighted by molar-refractivity contribution is 0.0658. The predicted octanol–water partition coefficient (Wildman–Crippen LogP) is 2.18. The molecule has 29 heavy (non-hydrogen) atoms. The van der Waals surface area contributed by atoms with Gasteiger partial charge in [0, 0.05) is 31.7 Å². The van der Waals surface area contributed by atoms with E-state index in [9.17, 15) is 13.2 Å². The van der Waals surface area contributed by atoms with Gasteiger partial charge in [-0.05, 0) is 38.3 Å². The minimum absolute atomic E-state index is 0.0122. The molecule has 2 aliphatic heterocycles. The minimum atomic E-state index is -3.57. The number of hydrogen-bond donors (Lipinski definition) is 2. The molecule has 0 radical (unpaired) electrons. The molecule has 2 atom stereocenters. The number of carbonyl (C=O) groups excluding carboxylic acids is 1. The van der Waals surface area contributed by atoms with Crippen LogP contribution < -0.4 is 10.0 Å². The van der Waals surface area contributed by atoms with Crippen molar-refractivity contribution in [3.8, 4) is 0 Å². The molecule has 4 rings (SSSR count). The van der Waals surface area contributed by atoms with E-state index in [0.29, 0.717) is 24.3 Å². The van der Waals surface area contributed by atoms with Crippen LogP contribution in [0.3, 0.4) is 0 Å². The smallest absolute Gasteiger partial charge is 0.257 e. The van der Waals surface area contributed by atoms with Gasteiger partial charge in [-0.2, -0.15) is 9.82 Å². The molecule has 0 spiro atoms. The van der Waals surface area contributed by atoms with Crippen LogP contribution in [0.25, 0.3) is 0 Å². The number of benzene rings is 1. The first-order valence-corrected chi connectivity index (χ1v) is 11.6. The number of nitrogens with one attached hydrogen (secondary N) is 2. The number of amides is 1. The Bertz CT molecular complexity index is 1020. The van der Waals surface area contributed by atoms with Crippen LogP contribution in [0.15, 0.2) is 35.4 Å². The van der Waals surface area contributed by atoms with Gasteiger partial charge in [0.25, 0.3) is 5.91 Å². The summed E-state index contributed by atoms with van der Waals surface area (Å²) in [7, 11) is -3.57. The summed E-state index contributed by atoms with van der Waals surface area (Å²) in [4.78, 5) is 15.2. The van der Waals surface area contributed by atoms with Crippen molar-refractivity contribution in [2.75, 3.05) is 18.4 Å². The molecule has 0 bridgehead atoms. The lowest BCUT2D eigenvalue weighted by atomic mass is 9.94. The Hall–Kier alpha value is -2.39. The number of rotatable bonds is 4. The van der Waals surface area contributed by atoms with Crippen molar-refractivity contribution in [1.82, 2.24) is 19.4 Å². The number of hydrogen-bond acceptors (Lipinski definition) is 5. The SMILES string of the molecule is CCCn1cc(C(=O)N2CCC[C@H]([C@H]3Nc4ccccc4S(=O)(=O)N3)C2)c(C)n1. The van der Waals surface area contributed by atoms with Crippen molar-refractivity contribution in [3.63, 3.8) is 0 Å². The van der Waals surface area contributed by atoms with Crippen molar-refractivity contribution < 1.29 is 13.2 Å². The summed E-state index contributed by atoms with van der Waals surface area (Å²) in [6.45, 7) is 5.88. The Balaban J connectivity index is 1.51. The first-order chi connectivity index (χ1) is 13.9. The lowest BCUT2D eigenvalue weighted by Gasteiger charge is -2.39. The van der Waals surface area contributed by atoms with E-state index in [2.05, 4.69) is 22.1 Å². The Morgan fingerprint density at radius 1 is 1.31 bits per heavy atom. The lowest BCUT2D eigenvalue weighted by Crippen LogP contribution is -2.54. The van der Waals surface area contributed by atoms with E-state index in [-0.39, 0.29) is 16.7 Å². The maximum atomic E-state index is 13.1. The van der Waals surface area contributed by atoms with Gasteiger partial charge in [0.15, 0.2) is 0 Å². The zero-order chi connectivity index (χ0) is 20.6. The van der Waals surface area contributed by atoms with Crippen molar-refractivity contribution in [3.05, 3.63) is 41.7 Å². The number of fused-ring (bicyclic) bond motifs is 1. The summed E-state index contributed by atoms with van der Waals surface area (Å²) < 4.78 is 29.8. The topological polar surface area (TPSA) is 96.3 Å². The third-order valence-electron chi connectivity index (χ3n) is 5.62. The summed E-state index contributed by atoms with van der Waals surface area (Å²) in [5.74, 6) is -0.0459. The van der Waals surface area contributed by atoms with Crippen LogP contribution in [-0.4, -0.2) is 48.3 Å². The maximum Gasteiger partial charge on any atom is 0.257 e. The van der Waals surface area contributed by atoms with Crippen molar-refractivity contribution >= 4 is 21.6 Å². The quantitative estimate of drug-likeness (QED) is 0.795. The summed E-state index contributed by atoms with van der Waals surface area (Å²) in [5, 5.41) is 7.74. The van der Waals surface area contributed by atoms with Crippen LogP contribution in [0.4, 0.5) is 5.69 Å². The van der Waals surface area contributed by atoms with Crippen LogP contribution in [0, 0.1) is 12.8 Å². The van der Waals surface area contributed by atoms with E-state index < -0.39 is 16.2 Å². The molecule has 2 aliphatic rings. The second-order valence-electron chi connectivity index (χ2n) is 7.78. The monoisotopic (exact) mass is 417 g/mol. The summed E-state index contributed by atoms with van der Waals surface area (Å²) >= 11 is 0. The van der Waals surface area contributed by atoms with Gasteiger partial charge in [-0.1, -0.05) is 19.1 Å². The van der Waals surface area contributed by atoms with Crippen molar-refractivity contribution in [2.45, 2.75) is 50.7 Å². The number of piperidine rings is 1. The number of carbonyl (C=O) groups is 1. The van der Waals surface area contributed by atoms with Gasteiger partial charge >= 0.3 is 0 Å². The van der Waals surface area contributed by atoms with Crippen molar-refractivity contribution in [2.24, 2.45) is 5.92 Å². The highest BCUT2D eigenvalue weighted by Crippen LogP contribution is 2.30. The maximum absolute atomic E-state index is 13.1. The molecule has 0 saturated carbocycles. The largest absolute Gasteiger partial charge is 0.368 e. The highest BCUT2D eigenvalue weighted by Gasteiger charge is 2.37. The third kappa shape index (κ3) is 3.89. The van der Waals surface area contributed by atoms with E-state index in [1.165, 1.54) is 0 Å². The third-order valence-corrected chi connectivity index (χ3v) is 7.11. The fourth-order valence-electron chi connectivity index (χ4n) is 4.17. The van der Waals surface area contributed by atoms with Gasteiger partial charge in [0.1, 0.15) is 4.90 Å². The first-order valence-electron chi connectivity index (χ1n) is 10.1. The minimum Gasteiger partial charge on any atom is -0.368 e. The normalized spacial score (nSPS) is 23.3. The molecule has 2 N–H and O–H groups in total. The zero-order valence-corrected chi connectivity index (χ0v) is 17.6. The number of nitrogens with zero attached hydrogens (tertiary/aromatic N) is 3. The van der Waals surface area contributed by atoms with E-state index in [1.54, 1.807) is 18.2 Å². The molecule has 2 aromatic rings. The molecule has 0 aliphatic carbocycles. The van der Waals surface area contributed by atoms with Crippen LogP contribution >= 0.6 is 0 Å². The number of anilines is 1. The van der Waals surface area contributed by atoms with Gasteiger partial charge < -0.3 is 10.2 Å². The fraction of sp³-hybridized carbons (Fsp3) is 0.500. The second kappa shape index (κ2) is 7.79. The number of sulfonamides is 1. The van der Waals surface area contributed by atoms with E-state index >= 15 is 0 Å². The van der Waals surface area contributed by atoms with Crippen LogP contribution in [0.1, 0.15) is 42.2 Å². The molecule has 156 valence electrons. The summed E-state index contributed by atoms with van der Waals surface area (Å²) in [5.41, 5.74) is 1.97. The van der Waals surface area contributed by atoms with Crippen molar-refractivity contribution in [1.29, 1.82) is 0 Å². The van der Waals surface area contributed by atoms with E-state index in [1.807, 2.05) is 28.8 Å². The standard InChI is InChI=1S/C20H27N5O3S/c1-3-10-25-13-16(14(2)22-25)20(26)24-11-6-7-15(12-24)19-21-17-8-4-5-9-18(17)29(27,28)23-19/h4-5,8-9,13,15,19,21,23H,3,6-7,10-12H2,1-2H3/t15-,19-/m0/s1. The Morgan fingerprint density at radius 3 is 2.90 bits per heavy atom. The Labute approximate surface area is 171 Å². The zero-order valence-electron chi connectivity index (χ0n) is 16.8. The highest BCUT2D eigenvalue weighted by atomic mass is 32.2. The van der Waals surface area contributed by atoms with Crippen LogP contribution in [0.2, 0.25) is 0 Å². The summed E-state index contributed by atoms with van der Waals surface area (Å²) in [6.07, 6.45) is 4.02. The van der Waals surface area contributed by atoms with E-state index in [4.69, 9.17) is 0 Å². The number of para-hydroxylation sites is 1. The van der Waals surface area contributed by atoms with Gasteiger partial charge in [-0.25, -0.2) is 8.42 Å². The van der Waals surface area contributed by atoms with Crippen LogP contribution in [-0.2, 0) is 16.6 Å². The molecular weight excluding hydrogens is 390 g/mol. The molecule has 1 saturated heterocycles. The summed E-state index contributed by atoms with van der Waals surface area (Å²) in [6, 6.07) is 6.89. The second-order valence-corrected chi connectivity index (χ2v) is 9.47. The molecule has 1 aromatic carbocycles. The van der Waals surface area contributed by atoms with Gasteiger partial charge in [0.05, 0.1) is 23.1 Å². The highest BCUT2D eigenvalue weighted by molar-refractivity contribution is 7.89. The Kier molecular flexibility index (Phi) is 5.35. The van der Waals surface area contributed by atoms with Gasteiger partial charge in [0.2, 0.25) is 10.0 Å². The molecule has 0 unspecified atom stereocenters. The average Bonchev–Trinajstić information content (AvgIpc) is 3.07. The average molecular weight is 418 g/mol. The molecule has 3 heterocycles. The molecular formula is C20H27N5O3S. The van der Waals surface area contributed by atoms with Gasteiger partial charge in [-0.3, -0.25) is 9.48 Å². The predicted molar refractivity (Wildman–Crippen MR) is 110 cm³/mol. The number of aromatic nitrogens is 2. The number of aryl methyl sites for hydroxylation is 2. The molecule has 1 amide bonds. The Morgan fingerprint density at radius 2 is 2.10 bits per heavy atom. The van der Waals surface area contributed by atoms with Crippen LogP contribution in [0.5, 0.6) is 0 Å². The molecule has 1 aromatic heterocycles. The first kappa shape index (κ1) is 19.9. The molecule has 1 fully saturated rings. The molecule has 8 nitrogen and oxygen atoms in total. The molecule has 9 heteroatoms. The fourth-order valence-corrected chi connectivity index (χ4v) is 5.56.